The zero-order valence-corrected chi connectivity index (χ0v) is 17.7. The molecule has 4 rings (SSSR count). The van der Waals surface area contributed by atoms with E-state index in [-0.39, 0.29) is 6.03 Å². The number of methoxy groups -OCH3 is 2. The molecule has 2 aromatic carbocycles. The number of carbonyl (C=O) groups excluding carboxylic acids is 1. The zero-order valence-electron chi connectivity index (χ0n) is 16.1. The van der Waals surface area contributed by atoms with Gasteiger partial charge in [-0.15, -0.1) is 0 Å². The van der Waals surface area contributed by atoms with Gasteiger partial charge in [0.25, 0.3) is 0 Å². The predicted molar refractivity (Wildman–Crippen MR) is 117 cm³/mol. The molecule has 29 heavy (non-hydrogen) atoms. The topological polar surface area (TPSA) is 66.9 Å². The van der Waals surface area contributed by atoms with Crippen molar-refractivity contribution in [3.8, 4) is 11.5 Å². The fraction of sp³-hybridized carbons (Fsp3) is 0.300. The van der Waals surface area contributed by atoms with Crippen molar-refractivity contribution in [1.29, 1.82) is 0 Å². The van der Waals surface area contributed by atoms with Gasteiger partial charge in [0.05, 0.1) is 24.4 Å². The van der Waals surface area contributed by atoms with Gasteiger partial charge < -0.3 is 24.6 Å². The molecule has 152 valence electrons. The second kappa shape index (κ2) is 8.34. The fourth-order valence-electron chi connectivity index (χ4n) is 3.20. The second-order valence-electron chi connectivity index (χ2n) is 6.61. The Balaban J connectivity index is 1.39. The molecular formula is C20H21ClN4O3S. The summed E-state index contributed by atoms with van der Waals surface area (Å²) < 4.78 is 11.6. The highest BCUT2D eigenvalue weighted by Crippen LogP contribution is 2.31. The maximum atomic E-state index is 12.7. The Labute approximate surface area is 177 Å². The van der Waals surface area contributed by atoms with Crippen LogP contribution in [0.3, 0.4) is 0 Å². The van der Waals surface area contributed by atoms with Crippen molar-refractivity contribution in [2.24, 2.45) is 0 Å². The Bertz CT molecular complexity index is 1010. The molecule has 2 amide bonds. The summed E-state index contributed by atoms with van der Waals surface area (Å²) in [7, 11) is 3.16. The van der Waals surface area contributed by atoms with Crippen LogP contribution in [0.1, 0.15) is 0 Å². The molecule has 0 saturated carbocycles. The molecular weight excluding hydrogens is 412 g/mol. The van der Waals surface area contributed by atoms with E-state index in [1.807, 2.05) is 18.2 Å². The van der Waals surface area contributed by atoms with Crippen molar-refractivity contribution in [3.05, 3.63) is 41.4 Å². The summed E-state index contributed by atoms with van der Waals surface area (Å²) in [6, 6.07) is 10.9. The first-order valence-corrected chi connectivity index (χ1v) is 10.3. The van der Waals surface area contributed by atoms with Gasteiger partial charge in [-0.2, -0.15) is 0 Å². The molecule has 0 bridgehead atoms. The third-order valence-corrected chi connectivity index (χ3v) is 6.09. The molecule has 1 aliphatic heterocycles. The number of nitrogens with one attached hydrogen (secondary N) is 1. The summed E-state index contributed by atoms with van der Waals surface area (Å²) >= 11 is 7.69. The molecule has 0 atom stereocenters. The Hall–Kier alpha value is -2.71. The van der Waals surface area contributed by atoms with Crippen LogP contribution in [0.5, 0.6) is 11.5 Å². The molecule has 0 spiro atoms. The monoisotopic (exact) mass is 432 g/mol. The Morgan fingerprint density at radius 2 is 1.76 bits per heavy atom. The third kappa shape index (κ3) is 4.33. The van der Waals surface area contributed by atoms with E-state index in [9.17, 15) is 4.79 Å². The molecule has 0 aliphatic carbocycles. The van der Waals surface area contributed by atoms with E-state index < -0.39 is 0 Å². The fourth-order valence-corrected chi connectivity index (χ4v) is 4.50. The molecule has 0 unspecified atom stereocenters. The molecule has 1 aliphatic rings. The van der Waals surface area contributed by atoms with Gasteiger partial charge in [-0.1, -0.05) is 22.9 Å². The molecule has 1 fully saturated rings. The highest BCUT2D eigenvalue weighted by atomic mass is 35.5. The number of hydrogen-bond donors (Lipinski definition) is 1. The van der Waals surface area contributed by atoms with Crippen LogP contribution in [0, 0.1) is 0 Å². The van der Waals surface area contributed by atoms with Gasteiger partial charge in [-0.3, -0.25) is 0 Å². The number of thiazole rings is 1. The Morgan fingerprint density at radius 1 is 1.07 bits per heavy atom. The first-order chi connectivity index (χ1) is 14.1. The minimum absolute atomic E-state index is 0.143. The first-order valence-electron chi connectivity index (χ1n) is 9.16. The molecule has 3 aromatic rings. The van der Waals surface area contributed by atoms with E-state index in [0.717, 1.165) is 28.4 Å². The third-order valence-electron chi connectivity index (χ3n) is 4.78. The summed E-state index contributed by atoms with van der Waals surface area (Å²) in [6.07, 6.45) is 0. The van der Waals surface area contributed by atoms with Gasteiger partial charge >= 0.3 is 6.03 Å². The Kier molecular flexibility index (Phi) is 5.64. The van der Waals surface area contributed by atoms with E-state index in [4.69, 9.17) is 26.1 Å². The number of rotatable bonds is 4. The largest absolute Gasteiger partial charge is 0.497 e. The van der Waals surface area contributed by atoms with Crippen molar-refractivity contribution in [3.63, 3.8) is 0 Å². The average Bonchev–Trinajstić information content (AvgIpc) is 3.16. The van der Waals surface area contributed by atoms with Crippen molar-refractivity contribution in [2.45, 2.75) is 0 Å². The number of anilines is 2. The molecule has 9 heteroatoms. The summed E-state index contributed by atoms with van der Waals surface area (Å²) in [5.74, 6) is 1.25. The number of hydrogen-bond acceptors (Lipinski definition) is 6. The van der Waals surface area contributed by atoms with Crippen molar-refractivity contribution >= 4 is 50.0 Å². The summed E-state index contributed by atoms with van der Waals surface area (Å²) in [5.41, 5.74) is 1.58. The normalized spacial score (nSPS) is 14.2. The zero-order chi connectivity index (χ0) is 20.4. The van der Waals surface area contributed by atoms with Gasteiger partial charge in [-0.05, 0) is 18.2 Å². The molecule has 1 N–H and O–H groups in total. The first kappa shape index (κ1) is 19.6. The lowest BCUT2D eigenvalue weighted by Crippen LogP contribution is -2.50. The standard InChI is InChI=1S/C20H21ClN4O3S/c1-27-15-10-14(11-16(12-15)28-2)22-19(26)24-5-7-25(8-6-24)20-23-17-4-3-13(21)9-18(17)29-20/h3-4,9-12H,5-8H2,1-2H3,(H,22,26). The Morgan fingerprint density at radius 3 is 2.41 bits per heavy atom. The van der Waals surface area contributed by atoms with Gasteiger partial charge in [0.1, 0.15) is 11.5 Å². The minimum Gasteiger partial charge on any atom is -0.497 e. The highest BCUT2D eigenvalue weighted by molar-refractivity contribution is 7.22. The number of piperazine rings is 1. The molecule has 7 nitrogen and oxygen atoms in total. The lowest BCUT2D eigenvalue weighted by atomic mass is 10.2. The van der Waals surface area contributed by atoms with Crippen LogP contribution in [0.25, 0.3) is 10.2 Å². The second-order valence-corrected chi connectivity index (χ2v) is 8.06. The number of nitrogens with zero attached hydrogens (tertiary/aromatic N) is 3. The maximum Gasteiger partial charge on any atom is 0.321 e. The molecule has 0 radical (unpaired) electrons. The molecule has 1 aromatic heterocycles. The van der Waals surface area contributed by atoms with Crippen molar-refractivity contribution in [1.82, 2.24) is 9.88 Å². The average molecular weight is 433 g/mol. The minimum atomic E-state index is -0.143. The summed E-state index contributed by atoms with van der Waals surface area (Å²) in [6.45, 7) is 2.68. The number of fused-ring (bicyclic) bond motifs is 1. The van der Waals surface area contributed by atoms with E-state index >= 15 is 0 Å². The predicted octanol–water partition coefficient (Wildman–Crippen LogP) is 4.32. The lowest BCUT2D eigenvalue weighted by Gasteiger charge is -2.34. The molecule has 2 heterocycles. The van der Waals surface area contributed by atoms with Crippen LogP contribution in [0.4, 0.5) is 15.6 Å². The number of ether oxygens (including phenoxy) is 2. The van der Waals surface area contributed by atoms with Crippen LogP contribution >= 0.6 is 22.9 Å². The maximum absolute atomic E-state index is 12.7. The van der Waals surface area contributed by atoms with E-state index in [1.54, 1.807) is 48.7 Å². The van der Waals surface area contributed by atoms with Crippen LogP contribution in [-0.2, 0) is 0 Å². The summed E-state index contributed by atoms with van der Waals surface area (Å²) in [5, 5.41) is 4.59. The number of aromatic nitrogens is 1. The number of halogens is 1. The summed E-state index contributed by atoms with van der Waals surface area (Å²) in [4.78, 5) is 21.4. The highest BCUT2D eigenvalue weighted by Gasteiger charge is 2.23. The number of urea groups is 1. The van der Waals surface area contributed by atoms with Crippen LogP contribution in [-0.4, -0.2) is 56.3 Å². The number of amides is 2. The van der Waals surface area contributed by atoms with Gasteiger partial charge in [0.15, 0.2) is 5.13 Å². The van der Waals surface area contributed by atoms with E-state index in [0.29, 0.717) is 35.3 Å². The van der Waals surface area contributed by atoms with Crippen LogP contribution in [0.2, 0.25) is 5.02 Å². The SMILES string of the molecule is COc1cc(NC(=O)N2CCN(c3nc4ccc(Cl)cc4s3)CC2)cc(OC)c1. The van der Waals surface area contributed by atoms with Gasteiger partial charge in [-0.25, -0.2) is 9.78 Å². The number of carbonyl (C=O) groups is 1. The lowest BCUT2D eigenvalue weighted by molar-refractivity contribution is 0.208. The quantitative estimate of drug-likeness (QED) is 0.665. The van der Waals surface area contributed by atoms with Crippen molar-refractivity contribution in [2.75, 3.05) is 50.6 Å². The van der Waals surface area contributed by atoms with Crippen molar-refractivity contribution < 1.29 is 14.3 Å². The van der Waals surface area contributed by atoms with Gasteiger partial charge in [0, 0.05) is 55.1 Å². The van der Waals surface area contributed by atoms with Crippen LogP contribution < -0.4 is 19.7 Å². The molecule has 1 saturated heterocycles. The smallest absolute Gasteiger partial charge is 0.321 e. The van der Waals surface area contributed by atoms with Crippen LogP contribution in [0.15, 0.2) is 36.4 Å². The van der Waals surface area contributed by atoms with E-state index in [1.165, 1.54) is 0 Å². The van der Waals surface area contributed by atoms with E-state index in [2.05, 4.69) is 10.2 Å². The number of benzene rings is 2. The van der Waals surface area contributed by atoms with Gasteiger partial charge in [0.2, 0.25) is 0 Å².